The molecule has 1 heterocycles. The fourth-order valence-electron chi connectivity index (χ4n) is 2.00. The predicted octanol–water partition coefficient (Wildman–Crippen LogP) is 3.77. The summed E-state index contributed by atoms with van der Waals surface area (Å²) in [6.45, 7) is 0.761. The van der Waals surface area contributed by atoms with Gasteiger partial charge in [0.1, 0.15) is 17.5 Å². The minimum Gasteiger partial charge on any atom is -0.373 e. The second kappa shape index (κ2) is 5.79. The molecule has 0 saturated heterocycles. The molecule has 4 nitrogen and oxygen atoms in total. The molecule has 2 aromatic rings. The summed E-state index contributed by atoms with van der Waals surface area (Å²) in [6.07, 6.45) is 2.42. The summed E-state index contributed by atoms with van der Waals surface area (Å²) >= 11 is 3.44. The average molecular weight is 333 g/mol. The van der Waals surface area contributed by atoms with Gasteiger partial charge in [-0.1, -0.05) is 28.1 Å². The molecule has 2 N–H and O–H groups in total. The Kier molecular flexibility index (Phi) is 3.87. The van der Waals surface area contributed by atoms with E-state index >= 15 is 0 Å². The number of nitrogens with one attached hydrogen (secondary N) is 2. The summed E-state index contributed by atoms with van der Waals surface area (Å²) in [5.41, 5.74) is 1.23. The van der Waals surface area contributed by atoms with E-state index in [-0.39, 0.29) is 0 Å². The number of nitrogens with zero attached hydrogens (tertiary/aromatic N) is 2. The minimum absolute atomic E-state index is 0.552. The van der Waals surface area contributed by atoms with Crippen molar-refractivity contribution < 1.29 is 0 Å². The van der Waals surface area contributed by atoms with Gasteiger partial charge in [-0.25, -0.2) is 9.97 Å². The zero-order valence-electron chi connectivity index (χ0n) is 11.4. The van der Waals surface area contributed by atoms with Crippen LogP contribution >= 0.6 is 15.9 Å². The smallest absolute Gasteiger partial charge is 0.136 e. The van der Waals surface area contributed by atoms with Crippen molar-refractivity contribution in [2.45, 2.75) is 25.3 Å². The van der Waals surface area contributed by atoms with Crippen molar-refractivity contribution in [3.8, 4) is 0 Å². The molecule has 1 aliphatic rings. The van der Waals surface area contributed by atoms with Crippen LogP contribution in [0.25, 0.3) is 0 Å². The quantitative estimate of drug-likeness (QED) is 0.875. The lowest BCUT2D eigenvalue weighted by Crippen LogP contribution is -2.06. The van der Waals surface area contributed by atoms with E-state index in [1.165, 1.54) is 18.4 Å². The third-order valence-corrected chi connectivity index (χ3v) is 3.86. The number of anilines is 2. The normalized spacial score (nSPS) is 14.1. The highest BCUT2D eigenvalue weighted by atomic mass is 79.9. The molecule has 0 amide bonds. The van der Waals surface area contributed by atoms with E-state index in [1.54, 1.807) is 0 Å². The van der Waals surface area contributed by atoms with Crippen molar-refractivity contribution >= 4 is 27.6 Å². The molecule has 0 bridgehead atoms. The van der Waals surface area contributed by atoms with Crippen molar-refractivity contribution in [2.75, 3.05) is 17.7 Å². The molecular formula is C15H17BrN4. The maximum atomic E-state index is 4.60. The van der Waals surface area contributed by atoms with E-state index in [2.05, 4.69) is 48.7 Å². The number of hydrogen-bond acceptors (Lipinski definition) is 4. The van der Waals surface area contributed by atoms with Crippen LogP contribution in [-0.4, -0.2) is 17.0 Å². The summed E-state index contributed by atoms with van der Waals surface area (Å²) in [6, 6.07) is 10.2. The summed E-state index contributed by atoms with van der Waals surface area (Å²) in [7, 11) is 1.89. The van der Waals surface area contributed by atoms with Crippen LogP contribution in [0.3, 0.4) is 0 Å². The highest BCUT2D eigenvalue weighted by Gasteiger charge is 2.27. The summed E-state index contributed by atoms with van der Waals surface area (Å²) < 4.78 is 1.09. The van der Waals surface area contributed by atoms with E-state index in [0.29, 0.717) is 5.92 Å². The largest absolute Gasteiger partial charge is 0.373 e. The molecule has 1 aliphatic carbocycles. The molecular weight excluding hydrogens is 316 g/mol. The van der Waals surface area contributed by atoms with Gasteiger partial charge in [0.2, 0.25) is 0 Å². The van der Waals surface area contributed by atoms with Crippen LogP contribution in [0.4, 0.5) is 11.6 Å². The third kappa shape index (κ3) is 3.28. The molecule has 1 aromatic heterocycles. The summed E-state index contributed by atoms with van der Waals surface area (Å²) in [5, 5.41) is 6.47. The number of hydrogen-bond donors (Lipinski definition) is 2. The second-order valence-electron chi connectivity index (χ2n) is 5.00. The van der Waals surface area contributed by atoms with Crippen LogP contribution in [0.1, 0.15) is 30.1 Å². The van der Waals surface area contributed by atoms with Crippen molar-refractivity contribution in [1.82, 2.24) is 9.97 Å². The molecule has 0 aliphatic heterocycles. The van der Waals surface area contributed by atoms with Crippen molar-refractivity contribution in [3.63, 3.8) is 0 Å². The molecule has 1 fully saturated rings. The predicted molar refractivity (Wildman–Crippen MR) is 85.0 cm³/mol. The van der Waals surface area contributed by atoms with E-state index in [9.17, 15) is 0 Å². The van der Waals surface area contributed by atoms with Crippen molar-refractivity contribution in [3.05, 3.63) is 46.2 Å². The number of benzene rings is 1. The Hall–Kier alpha value is -1.62. The first-order valence-electron chi connectivity index (χ1n) is 6.79. The Labute approximate surface area is 127 Å². The average Bonchev–Trinajstić information content (AvgIpc) is 3.31. The lowest BCUT2D eigenvalue weighted by molar-refractivity contribution is 0.923. The van der Waals surface area contributed by atoms with Gasteiger partial charge in [-0.05, 0) is 30.5 Å². The van der Waals surface area contributed by atoms with Gasteiger partial charge in [0.15, 0.2) is 0 Å². The highest BCUT2D eigenvalue weighted by molar-refractivity contribution is 9.10. The zero-order chi connectivity index (χ0) is 13.9. The molecule has 104 valence electrons. The van der Waals surface area contributed by atoms with Gasteiger partial charge < -0.3 is 10.6 Å². The standard InChI is InChI=1S/C15H17BrN4/c1-17-13-8-14(20-15(19-13)11-4-5-11)18-9-10-2-6-12(16)7-3-10/h2-3,6-8,11H,4-5,9H2,1H3,(H2,17,18,19,20). The molecule has 5 heteroatoms. The van der Waals surface area contributed by atoms with Gasteiger partial charge in [-0.3, -0.25) is 0 Å². The number of aromatic nitrogens is 2. The Bertz CT molecular complexity index is 593. The van der Waals surface area contributed by atoms with Crippen molar-refractivity contribution in [1.29, 1.82) is 0 Å². The molecule has 1 saturated carbocycles. The van der Waals surface area contributed by atoms with Crippen LogP contribution in [0.5, 0.6) is 0 Å². The topological polar surface area (TPSA) is 49.8 Å². The van der Waals surface area contributed by atoms with Crippen molar-refractivity contribution in [2.24, 2.45) is 0 Å². The molecule has 0 radical (unpaired) electrons. The van der Waals surface area contributed by atoms with Gasteiger partial charge >= 0.3 is 0 Å². The molecule has 3 rings (SSSR count). The summed E-state index contributed by atoms with van der Waals surface area (Å²) in [5.74, 6) is 3.26. The Balaban J connectivity index is 1.72. The first-order chi connectivity index (χ1) is 9.74. The number of rotatable bonds is 5. The van der Waals surface area contributed by atoms with E-state index in [0.717, 1.165) is 28.5 Å². The van der Waals surface area contributed by atoms with Crippen LogP contribution in [-0.2, 0) is 6.54 Å². The highest BCUT2D eigenvalue weighted by Crippen LogP contribution is 2.38. The maximum Gasteiger partial charge on any atom is 0.136 e. The van der Waals surface area contributed by atoms with E-state index < -0.39 is 0 Å². The SMILES string of the molecule is CNc1cc(NCc2ccc(Br)cc2)nc(C2CC2)n1. The summed E-state index contributed by atoms with van der Waals surface area (Å²) in [4.78, 5) is 9.12. The van der Waals surface area contributed by atoms with E-state index in [1.807, 2.05) is 25.2 Å². The van der Waals surface area contributed by atoms with Gasteiger partial charge in [0.25, 0.3) is 0 Å². The van der Waals surface area contributed by atoms with Crippen LogP contribution < -0.4 is 10.6 Å². The Morgan fingerprint density at radius 1 is 1.15 bits per heavy atom. The molecule has 1 aromatic carbocycles. The fraction of sp³-hybridized carbons (Fsp3) is 0.333. The lowest BCUT2D eigenvalue weighted by atomic mass is 10.2. The van der Waals surface area contributed by atoms with Gasteiger partial charge in [-0.2, -0.15) is 0 Å². The monoisotopic (exact) mass is 332 g/mol. The zero-order valence-corrected chi connectivity index (χ0v) is 12.9. The molecule has 20 heavy (non-hydrogen) atoms. The van der Waals surface area contributed by atoms with E-state index in [4.69, 9.17) is 0 Å². The molecule has 0 unspecified atom stereocenters. The Morgan fingerprint density at radius 3 is 2.50 bits per heavy atom. The van der Waals surface area contributed by atoms with Gasteiger partial charge in [0.05, 0.1) is 0 Å². The van der Waals surface area contributed by atoms with Crippen LogP contribution in [0.15, 0.2) is 34.8 Å². The Morgan fingerprint density at radius 2 is 1.85 bits per heavy atom. The number of halogens is 1. The molecule has 0 spiro atoms. The van der Waals surface area contributed by atoms with Gasteiger partial charge in [0, 0.05) is 30.0 Å². The minimum atomic E-state index is 0.552. The van der Waals surface area contributed by atoms with Gasteiger partial charge in [-0.15, -0.1) is 0 Å². The first kappa shape index (κ1) is 13.4. The molecule has 0 atom stereocenters. The van der Waals surface area contributed by atoms with Crippen LogP contribution in [0.2, 0.25) is 0 Å². The van der Waals surface area contributed by atoms with Crippen LogP contribution in [0, 0.1) is 0 Å². The lowest BCUT2D eigenvalue weighted by Gasteiger charge is -2.09. The maximum absolute atomic E-state index is 4.60. The first-order valence-corrected chi connectivity index (χ1v) is 7.59. The third-order valence-electron chi connectivity index (χ3n) is 3.33. The fourth-order valence-corrected chi connectivity index (χ4v) is 2.27. The second-order valence-corrected chi connectivity index (χ2v) is 5.92.